The normalized spacial score (nSPS) is 18.0. The fourth-order valence-electron chi connectivity index (χ4n) is 3.34. The van der Waals surface area contributed by atoms with E-state index in [1.165, 1.54) is 0 Å². The predicted molar refractivity (Wildman–Crippen MR) is 104 cm³/mol. The van der Waals surface area contributed by atoms with Gasteiger partial charge in [-0.1, -0.05) is 13.0 Å². The molecule has 1 aliphatic rings. The zero-order chi connectivity index (χ0) is 21.2. The van der Waals surface area contributed by atoms with E-state index in [-0.39, 0.29) is 16.9 Å². The molecule has 29 heavy (non-hydrogen) atoms. The van der Waals surface area contributed by atoms with E-state index in [0.29, 0.717) is 16.3 Å². The first kappa shape index (κ1) is 19.8. The number of hydrogen-bond donors (Lipinski definition) is 2. The van der Waals surface area contributed by atoms with E-state index in [0.717, 1.165) is 30.7 Å². The summed E-state index contributed by atoms with van der Waals surface area (Å²) in [6.45, 7) is 1.66. The van der Waals surface area contributed by atoms with Gasteiger partial charge in [0, 0.05) is 30.1 Å². The van der Waals surface area contributed by atoms with Crippen LogP contribution >= 0.6 is 0 Å². The largest absolute Gasteiger partial charge is 0.417 e. The maximum absolute atomic E-state index is 13.0. The Morgan fingerprint density at radius 2 is 2.00 bits per heavy atom. The van der Waals surface area contributed by atoms with Gasteiger partial charge in [-0.05, 0) is 36.6 Å². The highest BCUT2D eigenvalue weighted by molar-refractivity contribution is 7.92. The monoisotopic (exact) mass is 423 g/mol. The average molecular weight is 423 g/mol. The number of alkyl halides is 3. The van der Waals surface area contributed by atoms with Gasteiger partial charge in [-0.2, -0.15) is 13.2 Å². The van der Waals surface area contributed by atoms with Gasteiger partial charge in [-0.3, -0.25) is 0 Å². The summed E-state index contributed by atoms with van der Waals surface area (Å²) in [4.78, 5) is 8.54. The third-order valence-corrected chi connectivity index (χ3v) is 7.25. The molecule has 4 rings (SSSR count). The number of aromatic nitrogens is 3. The van der Waals surface area contributed by atoms with Crippen LogP contribution in [0.25, 0.3) is 22.6 Å². The molecule has 6 nitrogen and oxygen atoms in total. The van der Waals surface area contributed by atoms with Crippen molar-refractivity contribution in [3.8, 4) is 11.4 Å². The van der Waals surface area contributed by atoms with Crippen LogP contribution in [-0.4, -0.2) is 24.5 Å². The Kier molecular flexibility index (Phi) is 4.29. The summed E-state index contributed by atoms with van der Waals surface area (Å²) in [7, 11) is -1.50. The molecule has 2 heterocycles. The quantitative estimate of drug-likeness (QED) is 0.662. The first-order valence-electron chi connectivity index (χ1n) is 9.06. The van der Waals surface area contributed by atoms with Gasteiger partial charge < -0.3 is 10.3 Å². The Labute approximate surface area is 165 Å². The molecule has 0 saturated heterocycles. The molecule has 1 saturated carbocycles. The van der Waals surface area contributed by atoms with Crippen LogP contribution in [-0.2, 0) is 28.5 Å². The summed E-state index contributed by atoms with van der Waals surface area (Å²) in [6.07, 6.45) is -2.13. The van der Waals surface area contributed by atoms with E-state index in [1.54, 1.807) is 30.7 Å². The van der Waals surface area contributed by atoms with Crippen molar-refractivity contribution in [3.05, 3.63) is 41.6 Å². The molecular formula is C19H20F3N5OS. The lowest BCUT2D eigenvalue weighted by Gasteiger charge is -2.16. The molecule has 0 bridgehead atoms. The van der Waals surface area contributed by atoms with Crippen LogP contribution in [0.1, 0.15) is 30.9 Å². The van der Waals surface area contributed by atoms with E-state index in [4.69, 9.17) is 10.5 Å². The summed E-state index contributed by atoms with van der Waals surface area (Å²) >= 11 is 0. The highest BCUT2D eigenvalue weighted by atomic mass is 32.2. The van der Waals surface area contributed by atoms with Gasteiger partial charge in [-0.25, -0.2) is 19.0 Å². The van der Waals surface area contributed by atoms with Crippen molar-refractivity contribution in [2.24, 2.45) is 12.8 Å². The Bertz CT molecular complexity index is 1230. The summed E-state index contributed by atoms with van der Waals surface area (Å²) < 4.78 is 61.9. The molecule has 2 aromatic heterocycles. The molecule has 1 aliphatic carbocycles. The Morgan fingerprint density at radius 3 is 2.59 bits per heavy atom. The standard InChI is InChI=1S/C19H20F3N5OS/c1-3-29(24,28)15-9-11(18(23)6-7-18)4-5-13(15)16-26-14-8-12(19(20,21)22)10-25-17(14)27(16)2/h4-5,8-10,24H,3,6-7,23H2,1-2H3. The number of nitrogens with one attached hydrogen (secondary N) is 1. The van der Waals surface area contributed by atoms with Crippen LogP contribution in [0.4, 0.5) is 13.2 Å². The molecule has 10 heteroatoms. The van der Waals surface area contributed by atoms with Crippen LogP contribution in [0.2, 0.25) is 0 Å². The van der Waals surface area contributed by atoms with Crippen molar-refractivity contribution < 1.29 is 17.4 Å². The minimum Gasteiger partial charge on any atom is -0.321 e. The van der Waals surface area contributed by atoms with Gasteiger partial charge in [0.1, 0.15) is 11.3 Å². The van der Waals surface area contributed by atoms with Crippen LogP contribution in [0.15, 0.2) is 35.4 Å². The maximum Gasteiger partial charge on any atom is 0.417 e. The SMILES string of the molecule is CCS(=N)(=O)c1cc(C2(N)CC2)ccc1-c1nc2cc(C(F)(F)F)cnc2n1C. The highest BCUT2D eigenvalue weighted by Gasteiger charge is 2.40. The predicted octanol–water partition coefficient (Wildman–Crippen LogP) is 4.03. The zero-order valence-electron chi connectivity index (χ0n) is 15.9. The lowest BCUT2D eigenvalue weighted by Crippen LogP contribution is -2.19. The molecule has 1 fully saturated rings. The number of halogens is 3. The molecule has 0 amide bonds. The lowest BCUT2D eigenvalue weighted by atomic mass is 10.0. The average Bonchev–Trinajstić information content (AvgIpc) is 3.34. The van der Waals surface area contributed by atoms with Gasteiger partial charge in [-0.15, -0.1) is 0 Å². The zero-order valence-corrected chi connectivity index (χ0v) is 16.7. The molecule has 1 atom stereocenters. The number of nitrogens with two attached hydrogens (primary N) is 1. The number of aryl methyl sites for hydroxylation is 1. The Hall–Kier alpha value is -2.46. The van der Waals surface area contributed by atoms with E-state index in [9.17, 15) is 17.4 Å². The number of rotatable bonds is 4. The topological polar surface area (TPSA) is 97.7 Å². The molecule has 0 radical (unpaired) electrons. The van der Waals surface area contributed by atoms with Gasteiger partial charge in [0.05, 0.1) is 20.2 Å². The van der Waals surface area contributed by atoms with Crippen LogP contribution in [0.3, 0.4) is 0 Å². The van der Waals surface area contributed by atoms with Gasteiger partial charge in [0.15, 0.2) is 5.65 Å². The number of benzene rings is 1. The summed E-state index contributed by atoms with van der Waals surface area (Å²) in [6, 6.07) is 6.14. The van der Waals surface area contributed by atoms with Gasteiger partial charge >= 0.3 is 6.18 Å². The Balaban J connectivity index is 1.94. The molecule has 3 aromatic rings. The van der Waals surface area contributed by atoms with Crippen molar-refractivity contribution in [2.75, 3.05) is 5.75 Å². The van der Waals surface area contributed by atoms with E-state index in [1.807, 2.05) is 6.07 Å². The fourth-order valence-corrected chi connectivity index (χ4v) is 4.48. The minimum absolute atomic E-state index is 0.0813. The second-order valence-corrected chi connectivity index (χ2v) is 9.76. The van der Waals surface area contributed by atoms with Gasteiger partial charge in [0.2, 0.25) is 0 Å². The van der Waals surface area contributed by atoms with E-state index in [2.05, 4.69) is 9.97 Å². The second kappa shape index (κ2) is 6.27. The fraction of sp³-hybridized carbons (Fsp3) is 0.368. The smallest absolute Gasteiger partial charge is 0.321 e. The lowest BCUT2D eigenvalue weighted by molar-refractivity contribution is -0.137. The molecule has 1 aromatic carbocycles. The molecule has 0 aliphatic heterocycles. The maximum atomic E-state index is 13.0. The molecule has 0 spiro atoms. The molecule has 1 unspecified atom stereocenters. The first-order valence-corrected chi connectivity index (χ1v) is 10.8. The summed E-state index contributed by atoms with van der Waals surface area (Å²) in [5.74, 6) is 0.408. The summed E-state index contributed by atoms with van der Waals surface area (Å²) in [5, 5.41) is 0. The van der Waals surface area contributed by atoms with E-state index >= 15 is 0 Å². The molecular weight excluding hydrogens is 403 g/mol. The second-order valence-electron chi connectivity index (χ2n) is 7.39. The van der Waals surface area contributed by atoms with Gasteiger partial charge in [0.25, 0.3) is 0 Å². The third kappa shape index (κ3) is 3.29. The number of pyridine rings is 1. The van der Waals surface area contributed by atoms with Crippen LogP contribution in [0, 0.1) is 4.78 Å². The first-order chi connectivity index (χ1) is 13.5. The van der Waals surface area contributed by atoms with Crippen molar-refractivity contribution in [3.63, 3.8) is 0 Å². The Morgan fingerprint density at radius 1 is 1.31 bits per heavy atom. The third-order valence-electron chi connectivity index (χ3n) is 5.38. The number of fused-ring (bicyclic) bond motifs is 1. The van der Waals surface area contributed by atoms with Crippen molar-refractivity contribution >= 4 is 20.9 Å². The van der Waals surface area contributed by atoms with Crippen molar-refractivity contribution in [1.29, 1.82) is 4.78 Å². The van der Waals surface area contributed by atoms with E-state index < -0.39 is 27.0 Å². The number of hydrogen-bond acceptors (Lipinski definition) is 5. The number of imidazole rings is 1. The molecule has 154 valence electrons. The number of nitrogens with zero attached hydrogens (tertiary/aromatic N) is 3. The van der Waals surface area contributed by atoms with Crippen LogP contribution in [0.5, 0.6) is 0 Å². The van der Waals surface area contributed by atoms with Crippen molar-refractivity contribution in [2.45, 2.75) is 36.4 Å². The van der Waals surface area contributed by atoms with Crippen molar-refractivity contribution in [1.82, 2.24) is 14.5 Å². The summed E-state index contributed by atoms with van der Waals surface area (Å²) in [5.41, 5.74) is 6.51. The highest BCUT2D eigenvalue weighted by Crippen LogP contribution is 2.44. The van der Waals surface area contributed by atoms with Crippen LogP contribution < -0.4 is 5.73 Å². The minimum atomic E-state index is -4.52. The molecule has 3 N–H and O–H groups in total.